The third-order valence-electron chi connectivity index (χ3n) is 4.67. The van der Waals surface area contributed by atoms with Crippen LogP contribution in [0.5, 0.6) is 0 Å². The highest BCUT2D eigenvalue weighted by Gasteiger charge is 2.30. The second-order valence-electron chi connectivity index (χ2n) is 6.21. The molecule has 0 aromatic heterocycles. The van der Waals surface area contributed by atoms with Crippen LogP contribution in [0.4, 0.5) is 0 Å². The van der Waals surface area contributed by atoms with Crippen LogP contribution in [0.15, 0.2) is 24.3 Å². The van der Waals surface area contributed by atoms with Crippen LogP contribution in [0, 0.1) is 5.92 Å². The minimum absolute atomic E-state index is 0.327. The molecule has 0 radical (unpaired) electrons. The van der Waals surface area contributed by atoms with Gasteiger partial charge in [0.05, 0.1) is 0 Å². The van der Waals surface area contributed by atoms with Gasteiger partial charge in [-0.15, -0.1) is 0 Å². The van der Waals surface area contributed by atoms with E-state index in [0.29, 0.717) is 11.8 Å². The van der Waals surface area contributed by atoms with E-state index in [0.717, 1.165) is 57.0 Å². The summed E-state index contributed by atoms with van der Waals surface area (Å²) in [5.74, 6) is 0.724. The molecule has 1 aromatic carbocycles. The smallest absolute Gasteiger partial charge is 0.225 e. The molecule has 1 heterocycles. The predicted molar refractivity (Wildman–Crippen MR) is 85.3 cm³/mol. The molecule has 1 aromatic rings. The summed E-state index contributed by atoms with van der Waals surface area (Å²) in [6.45, 7) is 4.79. The zero-order chi connectivity index (χ0) is 14.7. The summed E-state index contributed by atoms with van der Waals surface area (Å²) in [5, 5.41) is 0.784. The van der Waals surface area contributed by atoms with Gasteiger partial charge in [-0.1, -0.05) is 30.2 Å². The lowest BCUT2D eigenvalue weighted by Crippen LogP contribution is -2.41. The number of rotatable bonds is 3. The van der Waals surface area contributed by atoms with Crippen molar-refractivity contribution in [3.05, 3.63) is 34.9 Å². The minimum Gasteiger partial charge on any atom is -0.341 e. The molecule has 21 heavy (non-hydrogen) atoms. The minimum atomic E-state index is 0.327. The maximum atomic E-state index is 12.3. The lowest BCUT2D eigenvalue weighted by atomic mass is 9.84. The molecule has 1 saturated carbocycles. The summed E-state index contributed by atoms with van der Waals surface area (Å²) in [6, 6.07) is 8.07. The van der Waals surface area contributed by atoms with E-state index in [1.54, 1.807) is 0 Å². The van der Waals surface area contributed by atoms with Crippen molar-refractivity contribution in [2.75, 3.05) is 26.2 Å². The number of nitrogens with zero attached hydrogens (tertiary/aromatic N) is 2. The van der Waals surface area contributed by atoms with Crippen LogP contribution in [-0.4, -0.2) is 41.9 Å². The number of benzene rings is 1. The number of hydrogen-bond donors (Lipinski definition) is 0. The molecular weight excluding hydrogens is 284 g/mol. The molecular formula is C17H23ClN2O. The van der Waals surface area contributed by atoms with E-state index in [1.807, 2.05) is 12.1 Å². The van der Waals surface area contributed by atoms with E-state index in [1.165, 1.54) is 12.0 Å². The molecule has 2 aliphatic rings. The van der Waals surface area contributed by atoms with Gasteiger partial charge in [-0.05, 0) is 37.0 Å². The SMILES string of the molecule is O=C(C1CCC1)N1CCCN(Cc2ccc(Cl)cc2)CC1. The zero-order valence-electron chi connectivity index (χ0n) is 12.4. The summed E-state index contributed by atoms with van der Waals surface area (Å²) >= 11 is 5.93. The Morgan fingerprint density at radius 3 is 2.48 bits per heavy atom. The van der Waals surface area contributed by atoms with Crippen LogP contribution in [0.1, 0.15) is 31.2 Å². The van der Waals surface area contributed by atoms with Gasteiger partial charge >= 0.3 is 0 Å². The largest absolute Gasteiger partial charge is 0.341 e. The van der Waals surface area contributed by atoms with Crippen LogP contribution in [0.2, 0.25) is 5.02 Å². The Morgan fingerprint density at radius 2 is 1.81 bits per heavy atom. The Bertz CT molecular complexity index is 484. The molecule has 3 rings (SSSR count). The van der Waals surface area contributed by atoms with E-state index < -0.39 is 0 Å². The maximum Gasteiger partial charge on any atom is 0.225 e. The average molecular weight is 307 g/mol. The number of hydrogen-bond acceptors (Lipinski definition) is 2. The number of amides is 1. The van der Waals surface area contributed by atoms with E-state index in [9.17, 15) is 4.79 Å². The van der Waals surface area contributed by atoms with E-state index >= 15 is 0 Å². The van der Waals surface area contributed by atoms with Gasteiger partial charge in [-0.3, -0.25) is 9.69 Å². The number of halogens is 1. The van der Waals surface area contributed by atoms with Gasteiger partial charge in [0.1, 0.15) is 0 Å². The Labute approximate surface area is 131 Å². The van der Waals surface area contributed by atoms with Gasteiger partial charge < -0.3 is 4.90 Å². The van der Waals surface area contributed by atoms with Crippen molar-refractivity contribution in [3.63, 3.8) is 0 Å². The second-order valence-corrected chi connectivity index (χ2v) is 6.65. The second kappa shape index (κ2) is 6.80. The number of carbonyl (C=O) groups is 1. The summed E-state index contributed by atoms with van der Waals surface area (Å²) in [4.78, 5) is 16.9. The summed E-state index contributed by atoms with van der Waals surface area (Å²) < 4.78 is 0. The zero-order valence-corrected chi connectivity index (χ0v) is 13.2. The van der Waals surface area contributed by atoms with Gasteiger partial charge in [0.15, 0.2) is 0 Å². The third-order valence-corrected chi connectivity index (χ3v) is 4.93. The first-order valence-corrected chi connectivity index (χ1v) is 8.36. The van der Waals surface area contributed by atoms with Crippen molar-refractivity contribution in [1.29, 1.82) is 0 Å². The molecule has 1 saturated heterocycles. The Morgan fingerprint density at radius 1 is 1.05 bits per heavy atom. The molecule has 0 unspecified atom stereocenters. The van der Waals surface area contributed by atoms with E-state index in [-0.39, 0.29) is 0 Å². The van der Waals surface area contributed by atoms with Crippen molar-refractivity contribution in [2.45, 2.75) is 32.2 Å². The molecule has 1 aliphatic carbocycles. The van der Waals surface area contributed by atoms with Crippen molar-refractivity contribution < 1.29 is 4.79 Å². The van der Waals surface area contributed by atoms with Crippen molar-refractivity contribution >= 4 is 17.5 Å². The fourth-order valence-electron chi connectivity index (χ4n) is 3.11. The van der Waals surface area contributed by atoms with Crippen LogP contribution >= 0.6 is 11.6 Å². The normalized spacial score (nSPS) is 20.9. The molecule has 0 atom stereocenters. The van der Waals surface area contributed by atoms with Crippen LogP contribution in [-0.2, 0) is 11.3 Å². The fraction of sp³-hybridized carbons (Fsp3) is 0.588. The highest BCUT2D eigenvalue weighted by Crippen LogP contribution is 2.28. The van der Waals surface area contributed by atoms with Gasteiger partial charge in [0.25, 0.3) is 0 Å². The van der Waals surface area contributed by atoms with Crippen LogP contribution in [0.3, 0.4) is 0 Å². The molecule has 0 N–H and O–H groups in total. The predicted octanol–water partition coefficient (Wildman–Crippen LogP) is 3.17. The van der Waals surface area contributed by atoms with Crippen molar-refractivity contribution in [3.8, 4) is 0 Å². The lowest BCUT2D eigenvalue weighted by molar-refractivity contribution is -0.138. The summed E-state index contributed by atoms with van der Waals surface area (Å²) in [5.41, 5.74) is 1.29. The van der Waals surface area contributed by atoms with Crippen molar-refractivity contribution in [2.24, 2.45) is 5.92 Å². The highest BCUT2D eigenvalue weighted by molar-refractivity contribution is 6.30. The van der Waals surface area contributed by atoms with Crippen LogP contribution < -0.4 is 0 Å². The Hall–Kier alpha value is -1.06. The maximum absolute atomic E-state index is 12.3. The van der Waals surface area contributed by atoms with Gasteiger partial charge in [0.2, 0.25) is 5.91 Å². The summed E-state index contributed by atoms with van der Waals surface area (Å²) in [7, 11) is 0. The van der Waals surface area contributed by atoms with Gasteiger partial charge in [-0.25, -0.2) is 0 Å². The first-order valence-electron chi connectivity index (χ1n) is 7.98. The molecule has 0 spiro atoms. The summed E-state index contributed by atoms with van der Waals surface area (Å²) in [6.07, 6.45) is 4.51. The fourth-order valence-corrected chi connectivity index (χ4v) is 3.24. The van der Waals surface area contributed by atoms with Gasteiger partial charge in [0, 0.05) is 43.7 Å². The highest BCUT2D eigenvalue weighted by atomic mass is 35.5. The van der Waals surface area contributed by atoms with Crippen LogP contribution in [0.25, 0.3) is 0 Å². The monoisotopic (exact) mass is 306 g/mol. The Kier molecular flexibility index (Phi) is 4.81. The van der Waals surface area contributed by atoms with E-state index in [2.05, 4.69) is 21.9 Å². The molecule has 2 fully saturated rings. The first-order chi connectivity index (χ1) is 10.2. The molecule has 4 heteroatoms. The molecule has 1 aliphatic heterocycles. The quantitative estimate of drug-likeness (QED) is 0.856. The third kappa shape index (κ3) is 3.78. The molecule has 114 valence electrons. The molecule has 1 amide bonds. The molecule has 0 bridgehead atoms. The first kappa shape index (κ1) is 14.9. The van der Waals surface area contributed by atoms with E-state index in [4.69, 9.17) is 11.6 Å². The average Bonchev–Trinajstić information content (AvgIpc) is 2.65. The lowest BCUT2D eigenvalue weighted by Gasteiger charge is -2.31. The van der Waals surface area contributed by atoms with Gasteiger partial charge in [-0.2, -0.15) is 0 Å². The number of carbonyl (C=O) groups excluding carboxylic acids is 1. The standard InChI is InChI=1S/C17H23ClN2O/c18-16-7-5-14(6-8-16)13-19-9-2-10-20(12-11-19)17(21)15-3-1-4-15/h5-8,15H,1-4,9-13H2. The topological polar surface area (TPSA) is 23.6 Å². The van der Waals surface area contributed by atoms with Crippen molar-refractivity contribution in [1.82, 2.24) is 9.80 Å². The Balaban J connectivity index is 1.53. The molecule has 3 nitrogen and oxygen atoms in total.